The highest BCUT2D eigenvalue weighted by Gasteiger charge is 2.07. The van der Waals surface area contributed by atoms with E-state index < -0.39 is 0 Å². The maximum atomic E-state index is 11.1. The minimum absolute atomic E-state index is 0.227. The van der Waals surface area contributed by atoms with E-state index in [-0.39, 0.29) is 5.78 Å². The smallest absolute Gasteiger partial charge is 0.130 e. The van der Waals surface area contributed by atoms with Crippen LogP contribution in [0.3, 0.4) is 0 Å². The number of methoxy groups -OCH3 is 1. The van der Waals surface area contributed by atoms with Gasteiger partial charge in [-0.05, 0) is 56.0 Å². The summed E-state index contributed by atoms with van der Waals surface area (Å²) in [4.78, 5) is 11.1. The molecule has 0 unspecified atom stereocenters. The number of carbonyl (C=O) groups is 1. The molecule has 0 amide bonds. The second-order valence-corrected chi connectivity index (χ2v) is 4.20. The summed E-state index contributed by atoms with van der Waals surface area (Å²) in [6.45, 7) is 5.71. The number of carbonyl (C=O) groups excluding carboxylic acids is 1. The Kier molecular flexibility index (Phi) is 4.95. The Morgan fingerprint density at radius 1 is 1.35 bits per heavy atom. The molecule has 1 aromatic rings. The molecular weight excluding hydrogens is 212 g/mol. The van der Waals surface area contributed by atoms with E-state index in [9.17, 15) is 4.79 Å². The third-order valence-corrected chi connectivity index (χ3v) is 2.89. The van der Waals surface area contributed by atoms with Crippen LogP contribution in [0.4, 0.5) is 0 Å². The van der Waals surface area contributed by atoms with Crippen LogP contribution in [-0.4, -0.2) is 12.9 Å². The molecular formula is C15H20O2. The van der Waals surface area contributed by atoms with Crippen molar-refractivity contribution in [3.8, 4) is 5.75 Å². The molecule has 0 radical (unpaired) electrons. The van der Waals surface area contributed by atoms with E-state index in [2.05, 4.69) is 13.0 Å². The zero-order valence-electron chi connectivity index (χ0n) is 11.0. The summed E-state index contributed by atoms with van der Waals surface area (Å²) in [7, 11) is 1.67. The van der Waals surface area contributed by atoms with Gasteiger partial charge in [0, 0.05) is 6.42 Å². The van der Waals surface area contributed by atoms with Crippen LogP contribution < -0.4 is 4.74 Å². The minimum Gasteiger partial charge on any atom is -0.497 e. The normalized spacial score (nSPS) is 11.4. The SMILES string of the molecule is C/C=C(/CCC(C)=O)c1cc(OC)ccc1C. The summed E-state index contributed by atoms with van der Waals surface area (Å²) >= 11 is 0. The first-order valence-electron chi connectivity index (χ1n) is 5.88. The Balaban J connectivity index is 2.99. The Bertz CT molecular complexity index is 431. The van der Waals surface area contributed by atoms with Crippen LogP contribution in [0.15, 0.2) is 24.3 Å². The van der Waals surface area contributed by atoms with Gasteiger partial charge in [-0.25, -0.2) is 0 Å². The molecule has 0 spiro atoms. The van der Waals surface area contributed by atoms with Crippen LogP contribution >= 0.6 is 0 Å². The maximum absolute atomic E-state index is 11.1. The zero-order valence-corrected chi connectivity index (χ0v) is 11.0. The zero-order chi connectivity index (χ0) is 12.8. The Hall–Kier alpha value is -1.57. The van der Waals surface area contributed by atoms with Crippen LogP contribution in [0.2, 0.25) is 0 Å². The molecule has 92 valence electrons. The third-order valence-electron chi connectivity index (χ3n) is 2.89. The number of hydrogen-bond acceptors (Lipinski definition) is 2. The average molecular weight is 232 g/mol. The fourth-order valence-corrected chi connectivity index (χ4v) is 1.82. The lowest BCUT2D eigenvalue weighted by atomic mass is 9.96. The van der Waals surface area contributed by atoms with Crippen LogP contribution in [0, 0.1) is 6.92 Å². The summed E-state index contributed by atoms with van der Waals surface area (Å²) in [5.41, 5.74) is 3.59. The topological polar surface area (TPSA) is 26.3 Å². The highest BCUT2D eigenvalue weighted by Crippen LogP contribution is 2.27. The molecule has 2 nitrogen and oxygen atoms in total. The predicted octanol–water partition coefficient (Wildman–Crippen LogP) is 3.78. The monoisotopic (exact) mass is 232 g/mol. The molecule has 1 rings (SSSR count). The van der Waals surface area contributed by atoms with E-state index in [1.54, 1.807) is 14.0 Å². The molecule has 0 aliphatic rings. The van der Waals surface area contributed by atoms with Gasteiger partial charge in [0.05, 0.1) is 7.11 Å². The van der Waals surface area contributed by atoms with Crippen molar-refractivity contribution < 1.29 is 9.53 Å². The van der Waals surface area contributed by atoms with Crippen molar-refractivity contribution in [2.75, 3.05) is 7.11 Å². The summed E-state index contributed by atoms with van der Waals surface area (Å²) < 4.78 is 5.24. The molecule has 0 heterocycles. The van der Waals surface area contributed by atoms with Crippen LogP contribution in [0.25, 0.3) is 5.57 Å². The van der Waals surface area contributed by atoms with Gasteiger partial charge in [0.1, 0.15) is 11.5 Å². The second kappa shape index (κ2) is 6.24. The summed E-state index contributed by atoms with van der Waals surface area (Å²) in [6.07, 6.45) is 3.46. The van der Waals surface area contributed by atoms with Gasteiger partial charge < -0.3 is 9.53 Å². The molecule has 17 heavy (non-hydrogen) atoms. The predicted molar refractivity (Wildman–Crippen MR) is 71.3 cm³/mol. The Morgan fingerprint density at radius 2 is 2.06 bits per heavy atom. The lowest BCUT2D eigenvalue weighted by Gasteiger charge is -2.11. The van der Waals surface area contributed by atoms with Gasteiger partial charge in [-0.15, -0.1) is 0 Å². The van der Waals surface area contributed by atoms with E-state index in [1.165, 1.54) is 16.7 Å². The van der Waals surface area contributed by atoms with Crippen molar-refractivity contribution in [1.29, 1.82) is 0 Å². The van der Waals surface area contributed by atoms with Gasteiger partial charge in [-0.3, -0.25) is 0 Å². The average Bonchev–Trinajstić information content (AvgIpc) is 2.31. The Labute approximate surface area is 103 Å². The van der Waals surface area contributed by atoms with E-state index in [0.29, 0.717) is 6.42 Å². The number of hydrogen-bond donors (Lipinski definition) is 0. The first-order chi connectivity index (χ1) is 8.08. The van der Waals surface area contributed by atoms with E-state index in [1.807, 2.05) is 25.1 Å². The fourth-order valence-electron chi connectivity index (χ4n) is 1.82. The molecule has 2 heteroatoms. The number of aryl methyl sites for hydroxylation is 1. The van der Waals surface area contributed by atoms with Crippen molar-refractivity contribution in [1.82, 2.24) is 0 Å². The summed E-state index contributed by atoms with van der Waals surface area (Å²) in [5.74, 6) is 1.08. The van der Waals surface area contributed by atoms with Gasteiger partial charge >= 0.3 is 0 Å². The molecule has 0 bridgehead atoms. The first-order valence-corrected chi connectivity index (χ1v) is 5.88. The molecule has 1 aromatic carbocycles. The number of allylic oxidation sites excluding steroid dienone is 2. The van der Waals surface area contributed by atoms with Gasteiger partial charge in [-0.2, -0.15) is 0 Å². The van der Waals surface area contributed by atoms with Gasteiger partial charge in [-0.1, -0.05) is 12.1 Å². The molecule has 0 fully saturated rings. The minimum atomic E-state index is 0.227. The van der Waals surface area contributed by atoms with Crippen LogP contribution in [0.5, 0.6) is 5.75 Å². The molecule has 0 N–H and O–H groups in total. The van der Waals surface area contributed by atoms with E-state index >= 15 is 0 Å². The second-order valence-electron chi connectivity index (χ2n) is 4.20. The lowest BCUT2D eigenvalue weighted by molar-refractivity contribution is -0.116. The Morgan fingerprint density at radius 3 is 2.59 bits per heavy atom. The summed E-state index contributed by atoms with van der Waals surface area (Å²) in [5, 5.41) is 0. The highest BCUT2D eigenvalue weighted by molar-refractivity contribution is 5.79. The standard InChI is InChI=1S/C15H20O2/c1-5-13(8-7-12(3)16)15-10-14(17-4)9-6-11(15)2/h5-6,9-10H,7-8H2,1-4H3/b13-5-. The lowest BCUT2D eigenvalue weighted by Crippen LogP contribution is -1.95. The third kappa shape index (κ3) is 3.74. The number of ketones is 1. The van der Waals surface area contributed by atoms with Gasteiger partial charge in [0.25, 0.3) is 0 Å². The molecule has 0 aliphatic heterocycles. The van der Waals surface area contributed by atoms with E-state index in [0.717, 1.165) is 12.2 Å². The van der Waals surface area contributed by atoms with Crippen molar-refractivity contribution in [3.63, 3.8) is 0 Å². The molecule has 0 atom stereocenters. The van der Waals surface area contributed by atoms with Gasteiger partial charge in [0.15, 0.2) is 0 Å². The van der Waals surface area contributed by atoms with Crippen molar-refractivity contribution in [2.24, 2.45) is 0 Å². The quantitative estimate of drug-likeness (QED) is 0.772. The fraction of sp³-hybridized carbons (Fsp3) is 0.400. The van der Waals surface area contributed by atoms with Crippen molar-refractivity contribution >= 4 is 11.4 Å². The molecule has 0 aromatic heterocycles. The highest BCUT2D eigenvalue weighted by atomic mass is 16.5. The van der Waals surface area contributed by atoms with E-state index in [4.69, 9.17) is 4.74 Å². The number of rotatable bonds is 5. The summed E-state index contributed by atoms with van der Waals surface area (Å²) in [6, 6.07) is 6.04. The molecule has 0 saturated heterocycles. The van der Waals surface area contributed by atoms with Crippen molar-refractivity contribution in [3.05, 3.63) is 35.4 Å². The number of ether oxygens (including phenoxy) is 1. The first kappa shape index (κ1) is 13.5. The van der Waals surface area contributed by atoms with Crippen LogP contribution in [-0.2, 0) is 4.79 Å². The largest absolute Gasteiger partial charge is 0.497 e. The van der Waals surface area contributed by atoms with Gasteiger partial charge in [0.2, 0.25) is 0 Å². The number of benzene rings is 1. The maximum Gasteiger partial charge on any atom is 0.130 e. The number of Topliss-reactive ketones (excluding diaryl/α,β-unsaturated/α-hetero) is 1. The van der Waals surface area contributed by atoms with Crippen LogP contribution in [0.1, 0.15) is 37.8 Å². The van der Waals surface area contributed by atoms with Crippen molar-refractivity contribution in [2.45, 2.75) is 33.6 Å². The molecule has 0 aliphatic carbocycles. The molecule has 0 saturated carbocycles.